The molecule has 0 saturated carbocycles. The van der Waals surface area contributed by atoms with Crippen LogP contribution in [0, 0.1) is 0 Å². The number of hydrogen-bond acceptors (Lipinski definition) is 11. The van der Waals surface area contributed by atoms with Crippen LogP contribution in [0.3, 0.4) is 0 Å². The summed E-state index contributed by atoms with van der Waals surface area (Å²) in [6.45, 7) is 5.70. The van der Waals surface area contributed by atoms with Gasteiger partial charge in [-0.1, -0.05) is 107 Å². The Bertz CT molecular complexity index is 2160. The Morgan fingerprint density at radius 1 is 1.03 bits per heavy atom. The molecule has 2 aliphatic heterocycles. The van der Waals surface area contributed by atoms with Gasteiger partial charge in [-0.3, -0.25) is 14.4 Å². The molecule has 12 nitrogen and oxygen atoms in total. The van der Waals surface area contributed by atoms with Crippen LogP contribution in [0.1, 0.15) is 62.1 Å². The highest BCUT2D eigenvalue weighted by molar-refractivity contribution is 8.02. The lowest BCUT2D eigenvalue weighted by Crippen LogP contribution is -2.69. The van der Waals surface area contributed by atoms with E-state index in [1.165, 1.54) is 28.0 Å². The fourth-order valence-corrected chi connectivity index (χ4v) is 10.8. The number of thioether (sulfide) groups is 1. The predicted octanol–water partition coefficient (Wildman–Crippen LogP) is 8.09. The van der Waals surface area contributed by atoms with Gasteiger partial charge in [0.05, 0.1) is 25.5 Å². The van der Waals surface area contributed by atoms with Crippen molar-refractivity contribution >= 4 is 109 Å². The van der Waals surface area contributed by atoms with Gasteiger partial charge in [0.2, 0.25) is 11.3 Å². The molecule has 3 aromatic carbocycles. The Balaban J connectivity index is 1.19. The molecule has 2 aliphatic rings. The monoisotopic (exact) mass is 899 g/mol. The summed E-state index contributed by atoms with van der Waals surface area (Å²) in [5, 5.41) is 8.17. The number of thiazole rings is 1. The normalized spacial score (nSPS) is 17.6. The first-order valence-corrected chi connectivity index (χ1v) is 22.3. The van der Waals surface area contributed by atoms with Crippen molar-refractivity contribution in [1.82, 2.24) is 20.5 Å². The molecule has 18 heteroatoms. The van der Waals surface area contributed by atoms with E-state index in [1.807, 2.05) is 60.7 Å². The predicted molar refractivity (Wildman–Crippen MR) is 232 cm³/mol. The van der Waals surface area contributed by atoms with Crippen molar-refractivity contribution in [1.29, 1.82) is 0 Å². The topological polar surface area (TPSA) is 162 Å². The van der Waals surface area contributed by atoms with Crippen LogP contribution in [0.4, 0.5) is 9.93 Å². The smallest absolute Gasteiger partial charge is 0.407 e. The third-order valence-corrected chi connectivity index (χ3v) is 13.6. The number of carbonyl (C=O) groups excluding carboxylic acids is 4. The number of nitrogens with zero attached hydrogens (tertiary/aromatic N) is 2. The van der Waals surface area contributed by atoms with Crippen LogP contribution in [-0.2, 0) is 35.0 Å². The molecule has 0 bridgehead atoms. The lowest BCUT2D eigenvalue weighted by Gasteiger charge is -2.49. The van der Waals surface area contributed by atoms with Crippen molar-refractivity contribution in [3.05, 3.63) is 117 Å². The molecule has 304 valence electrons. The van der Waals surface area contributed by atoms with Gasteiger partial charge in [0.1, 0.15) is 23.6 Å². The number of carbonyl (C=O) groups is 4. The van der Waals surface area contributed by atoms with Crippen LogP contribution in [-0.4, -0.2) is 71.8 Å². The molecule has 1 fully saturated rings. The molecule has 0 spiro atoms. The van der Waals surface area contributed by atoms with Gasteiger partial charge >= 0.3 is 12.1 Å². The number of alkyl carbamates (subject to hydrolysis) is 1. The Hall–Kier alpha value is -4.16. The number of nitrogens with one attached hydrogen (secondary N) is 3. The van der Waals surface area contributed by atoms with E-state index in [1.54, 1.807) is 45.2 Å². The fraction of sp³-hybridized carbons (Fsp3) is 0.300. The van der Waals surface area contributed by atoms with Crippen molar-refractivity contribution in [2.75, 3.05) is 17.6 Å². The van der Waals surface area contributed by atoms with Gasteiger partial charge in [0, 0.05) is 17.6 Å². The third-order valence-electron chi connectivity index (χ3n) is 8.55. The van der Waals surface area contributed by atoms with E-state index in [-0.39, 0.29) is 17.5 Å². The first kappa shape index (κ1) is 43.4. The second kappa shape index (κ2) is 19.3. The highest BCUT2D eigenvalue weighted by Crippen LogP contribution is 2.47. The van der Waals surface area contributed by atoms with E-state index in [2.05, 4.69) is 20.9 Å². The molecule has 4 aromatic rings. The number of rotatable bonds is 14. The molecule has 1 aromatic heterocycles. The Morgan fingerprint density at radius 2 is 1.71 bits per heavy atom. The molecule has 58 heavy (non-hydrogen) atoms. The van der Waals surface area contributed by atoms with Crippen LogP contribution >= 0.6 is 58.5 Å². The van der Waals surface area contributed by atoms with Crippen molar-refractivity contribution in [3.63, 3.8) is 0 Å². The molecule has 3 unspecified atom stereocenters. The maximum Gasteiger partial charge on any atom is 0.407 e. The molecule has 0 aliphatic carbocycles. The minimum Gasteiger partial charge on any atom is -0.614 e. The quantitative estimate of drug-likeness (QED) is 0.0280. The third kappa shape index (κ3) is 11.1. The standard InChI is InChI=1S/C40H39Cl2N5O7S4/c1-40(2,3)54-39(51)43-18-10-15-31(55)46-38-44-21-29(57-38)26-22-58(52)37-34(56-25-16-17-27(41)28(42)19-25)36(50)47(37)35(26)45-30(48)20-32(49)53-33(23-11-6-4-7-12-23)24-13-8-5-9-14-24/h4-9,11-14,16-17,19,21,33-34,37H,10,15,18,20,22H2,1-3H3,(H,43,51)(H,45,48)(H,44,46,55). The molecular formula is C40H39Cl2N5O7S4. The summed E-state index contributed by atoms with van der Waals surface area (Å²) in [5.74, 6) is -1.79. The van der Waals surface area contributed by atoms with Gasteiger partial charge in [-0.05, 0) is 74.1 Å². The van der Waals surface area contributed by atoms with Gasteiger partial charge in [-0.2, -0.15) is 0 Å². The molecule has 0 radical (unpaired) electrons. The highest BCUT2D eigenvalue weighted by atomic mass is 35.5. The summed E-state index contributed by atoms with van der Waals surface area (Å²) in [7, 11) is 0. The zero-order valence-electron chi connectivity index (χ0n) is 31.5. The number of halogens is 2. The fourth-order valence-electron chi connectivity index (χ4n) is 5.97. The van der Waals surface area contributed by atoms with Gasteiger partial charge in [0.15, 0.2) is 16.5 Å². The molecule has 3 heterocycles. The lowest BCUT2D eigenvalue weighted by molar-refractivity contribution is -0.149. The van der Waals surface area contributed by atoms with Gasteiger partial charge in [-0.15, -0.1) is 11.8 Å². The molecule has 6 rings (SSSR count). The first-order valence-electron chi connectivity index (χ1n) is 18.0. The van der Waals surface area contributed by atoms with Gasteiger partial charge in [0.25, 0.3) is 5.91 Å². The summed E-state index contributed by atoms with van der Waals surface area (Å²) in [5.41, 5.74) is 1.26. The number of hydrogen-bond donors (Lipinski definition) is 3. The van der Waals surface area contributed by atoms with Crippen molar-refractivity contribution in [2.45, 2.75) is 67.3 Å². The summed E-state index contributed by atoms with van der Waals surface area (Å²) >= 11 is 18.7. The van der Waals surface area contributed by atoms with Crippen molar-refractivity contribution in [2.24, 2.45) is 0 Å². The minimum atomic E-state index is -1.59. The molecular weight excluding hydrogens is 862 g/mol. The maximum atomic E-state index is 13.9. The summed E-state index contributed by atoms with van der Waals surface area (Å²) in [4.78, 5) is 60.3. The number of benzene rings is 3. The summed E-state index contributed by atoms with van der Waals surface area (Å²) < 4.78 is 25.0. The minimum absolute atomic E-state index is 0.0144. The molecule has 3 amide bonds. The van der Waals surface area contributed by atoms with E-state index < -0.39 is 57.9 Å². The molecule has 3 N–H and O–H groups in total. The second-order valence-electron chi connectivity index (χ2n) is 14.1. The first-order chi connectivity index (χ1) is 27.7. The maximum absolute atomic E-state index is 13.9. The number of fused-ring (bicyclic) bond motifs is 1. The number of β-lactam (4-membered cyclic amide) rings is 1. The number of amides is 3. The number of anilines is 1. The van der Waals surface area contributed by atoms with Crippen molar-refractivity contribution in [3.8, 4) is 0 Å². The number of thiocarbonyl (C=S) groups is 1. The lowest BCUT2D eigenvalue weighted by atomic mass is 10.0. The molecule has 3 atom stereocenters. The van der Waals surface area contributed by atoms with E-state index in [9.17, 15) is 23.7 Å². The van der Waals surface area contributed by atoms with Crippen molar-refractivity contribution < 1.29 is 33.2 Å². The molecule has 1 saturated heterocycles. The van der Waals surface area contributed by atoms with Crippen LogP contribution in [0.25, 0.3) is 5.57 Å². The van der Waals surface area contributed by atoms with Gasteiger partial charge < -0.3 is 30.0 Å². The van der Waals surface area contributed by atoms with Crippen LogP contribution in [0.5, 0.6) is 0 Å². The SMILES string of the molecule is CC(C)(C)OC(=O)NCCCC(=S)Nc1ncc(C2=C(NC(=O)CC(=O)OC(c3ccccc3)c3ccccc3)N3C(=O)C(Sc4ccc(Cl)c(Cl)c4)C3[S+]([O-])C2)s1. The number of ether oxygens (including phenoxy) is 2. The van der Waals surface area contributed by atoms with E-state index >= 15 is 0 Å². The van der Waals surface area contributed by atoms with Crippen LogP contribution in [0.2, 0.25) is 10.0 Å². The number of aromatic nitrogens is 1. The largest absolute Gasteiger partial charge is 0.614 e. The summed E-state index contributed by atoms with van der Waals surface area (Å²) in [6.07, 6.45) is 0.607. The van der Waals surface area contributed by atoms with Crippen LogP contribution in [0.15, 0.2) is 95.8 Å². The van der Waals surface area contributed by atoms with Gasteiger partial charge in [-0.25, -0.2) is 14.7 Å². The Labute approximate surface area is 362 Å². The van der Waals surface area contributed by atoms with E-state index in [0.29, 0.717) is 54.9 Å². The number of esters is 1. The summed E-state index contributed by atoms with van der Waals surface area (Å²) in [6, 6.07) is 23.4. The Morgan fingerprint density at radius 3 is 2.34 bits per heavy atom. The van der Waals surface area contributed by atoms with E-state index in [4.69, 9.17) is 44.9 Å². The average molecular weight is 901 g/mol. The second-order valence-corrected chi connectivity index (χ2v) is 19.2. The zero-order valence-corrected chi connectivity index (χ0v) is 36.3. The van der Waals surface area contributed by atoms with E-state index in [0.717, 1.165) is 11.1 Å². The zero-order chi connectivity index (χ0) is 41.6. The highest BCUT2D eigenvalue weighted by Gasteiger charge is 2.60. The van der Waals surface area contributed by atoms with Crippen LogP contribution < -0.4 is 16.0 Å². The Kier molecular flexibility index (Phi) is 14.4. The average Bonchev–Trinajstić information content (AvgIpc) is 3.64.